The summed E-state index contributed by atoms with van der Waals surface area (Å²) in [7, 11) is 0. The molecule has 0 aliphatic carbocycles. The van der Waals surface area contributed by atoms with Crippen LogP contribution in [0.25, 0.3) is 0 Å². The average molecular weight is 376 g/mol. The lowest BCUT2D eigenvalue weighted by Gasteiger charge is -2.23. The number of anilines is 2. The minimum Gasteiger partial charge on any atom is -0.310 e. The Labute approximate surface area is 148 Å². The first-order valence-electron chi connectivity index (χ1n) is 8.55. The fraction of sp³-hybridized carbons (Fsp3) is 0.474. The lowest BCUT2D eigenvalue weighted by molar-refractivity contribution is 0.875. The highest BCUT2D eigenvalue weighted by atomic mass is 79.9. The van der Waals surface area contributed by atoms with E-state index in [2.05, 4.69) is 72.8 Å². The van der Waals surface area contributed by atoms with E-state index in [1.54, 1.807) is 0 Å². The number of aryl methyl sites for hydroxylation is 3. The Hall–Kier alpha value is -1.42. The predicted molar refractivity (Wildman–Crippen MR) is 102 cm³/mol. The Balaban J connectivity index is 2.43. The Bertz CT molecular complexity index is 633. The number of hydrogen-bond donors (Lipinski definition) is 0. The predicted octanol–water partition coefficient (Wildman–Crippen LogP) is 5.47. The third-order valence-corrected chi connectivity index (χ3v) is 4.58. The number of benzene rings is 1. The van der Waals surface area contributed by atoms with Crippen molar-refractivity contribution in [3.05, 3.63) is 45.7 Å². The van der Waals surface area contributed by atoms with Crippen LogP contribution < -0.4 is 4.90 Å². The lowest BCUT2D eigenvalue weighted by atomic mass is 10.1. The first-order valence-corrected chi connectivity index (χ1v) is 9.34. The maximum absolute atomic E-state index is 4.74. The van der Waals surface area contributed by atoms with Crippen molar-refractivity contribution in [3.63, 3.8) is 0 Å². The molecule has 0 fully saturated rings. The highest BCUT2D eigenvalue weighted by Crippen LogP contribution is 2.31. The Morgan fingerprint density at radius 1 is 0.957 bits per heavy atom. The molecule has 0 saturated heterocycles. The average Bonchev–Trinajstić information content (AvgIpc) is 2.57. The zero-order valence-corrected chi connectivity index (χ0v) is 16.2. The van der Waals surface area contributed by atoms with Crippen molar-refractivity contribution in [1.82, 2.24) is 9.97 Å². The third-order valence-electron chi connectivity index (χ3n) is 3.94. The summed E-state index contributed by atoms with van der Waals surface area (Å²) in [6, 6.07) is 8.70. The molecule has 0 atom stereocenters. The molecule has 0 bridgehead atoms. The molecule has 0 aliphatic rings. The van der Waals surface area contributed by atoms with E-state index in [-0.39, 0.29) is 0 Å². The Kier molecular flexibility index (Phi) is 6.58. The largest absolute Gasteiger partial charge is 0.310 e. The number of hydrogen-bond acceptors (Lipinski definition) is 3. The summed E-state index contributed by atoms with van der Waals surface area (Å²) in [5.74, 6) is 0.799. The van der Waals surface area contributed by atoms with Crippen molar-refractivity contribution in [2.45, 2.75) is 53.4 Å². The van der Waals surface area contributed by atoms with Crippen LogP contribution in [0, 0.1) is 0 Å². The van der Waals surface area contributed by atoms with Crippen molar-refractivity contribution >= 4 is 27.6 Å². The molecular formula is C19H26BrN3. The zero-order chi connectivity index (χ0) is 16.8. The molecule has 3 nitrogen and oxygen atoms in total. The zero-order valence-electron chi connectivity index (χ0n) is 14.6. The molecule has 0 spiro atoms. The van der Waals surface area contributed by atoms with Crippen LogP contribution in [0.5, 0.6) is 0 Å². The van der Waals surface area contributed by atoms with Crippen LogP contribution in [0.1, 0.15) is 51.1 Å². The lowest BCUT2D eigenvalue weighted by Crippen LogP contribution is -2.20. The molecule has 124 valence electrons. The Morgan fingerprint density at radius 2 is 1.61 bits per heavy atom. The van der Waals surface area contributed by atoms with Gasteiger partial charge in [0.2, 0.25) is 5.95 Å². The molecule has 2 rings (SSSR count). The van der Waals surface area contributed by atoms with Crippen molar-refractivity contribution in [2.24, 2.45) is 0 Å². The van der Waals surface area contributed by atoms with E-state index < -0.39 is 0 Å². The fourth-order valence-corrected chi connectivity index (χ4v) is 3.29. The van der Waals surface area contributed by atoms with Crippen LogP contribution in [0.4, 0.5) is 11.6 Å². The molecule has 4 heteroatoms. The molecule has 2 aromatic rings. The molecule has 0 saturated carbocycles. The van der Waals surface area contributed by atoms with Gasteiger partial charge in [-0.1, -0.05) is 33.3 Å². The van der Waals surface area contributed by atoms with Gasteiger partial charge >= 0.3 is 0 Å². The smallest absolute Gasteiger partial charge is 0.230 e. The second-order valence-corrected chi connectivity index (χ2v) is 6.49. The van der Waals surface area contributed by atoms with E-state index in [0.717, 1.165) is 59.7 Å². The molecule has 0 aliphatic heterocycles. The topological polar surface area (TPSA) is 29.0 Å². The standard InChI is InChI=1S/C19H26BrN3/c1-5-9-14-10-11-18(17(20)12-14)23(8-4)19-21-15(6-2)13-16(7-3)22-19/h10-13H,5-9H2,1-4H3. The first-order chi connectivity index (χ1) is 11.1. The number of rotatable bonds is 7. The van der Waals surface area contributed by atoms with E-state index in [9.17, 15) is 0 Å². The van der Waals surface area contributed by atoms with Crippen molar-refractivity contribution in [1.29, 1.82) is 0 Å². The molecule has 0 radical (unpaired) electrons. The van der Waals surface area contributed by atoms with Crippen LogP contribution in [0.3, 0.4) is 0 Å². The van der Waals surface area contributed by atoms with Crippen LogP contribution in [0.2, 0.25) is 0 Å². The third kappa shape index (κ3) is 4.31. The van der Waals surface area contributed by atoms with Gasteiger partial charge in [0.05, 0.1) is 5.69 Å². The van der Waals surface area contributed by atoms with Crippen molar-refractivity contribution in [2.75, 3.05) is 11.4 Å². The molecule has 1 heterocycles. The monoisotopic (exact) mass is 375 g/mol. The summed E-state index contributed by atoms with van der Waals surface area (Å²) in [5, 5.41) is 0. The molecular weight excluding hydrogens is 350 g/mol. The Morgan fingerprint density at radius 3 is 2.09 bits per heavy atom. The van der Waals surface area contributed by atoms with Crippen LogP contribution in [-0.2, 0) is 19.3 Å². The molecule has 23 heavy (non-hydrogen) atoms. The normalized spacial score (nSPS) is 10.8. The highest BCUT2D eigenvalue weighted by Gasteiger charge is 2.15. The fourth-order valence-electron chi connectivity index (χ4n) is 2.65. The van der Waals surface area contributed by atoms with Gasteiger partial charge in [0.25, 0.3) is 0 Å². The van der Waals surface area contributed by atoms with Gasteiger partial charge in [-0.05, 0) is 65.9 Å². The van der Waals surface area contributed by atoms with Gasteiger partial charge in [0, 0.05) is 22.4 Å². The second kappa shape index (κ2) is 8.44. The quantitative estimate of drug-likeness (QED) is 0.641. The van der Waals surface area contributed by atoms with Crippen LogP contribution in [0.15, 0.2) is 28.7 Å². The summed E-state index contributed by atoms with van der Waals surface area (Å²) in [5.41, 5.74) is 4.69. The molecule has 0 unspecified atom stereocenters. The molecule has 1 aromatic heterocycles. The van der Waals surface area contributed by atoms with Gasteiger partial charge in [0.1, 0.15) is 0 Å². The van der Waals surface area contributed by atoms with Gasteiger partial charge in [-0.15, -0.1) is 0 Å². The van der Waals surface area contributed by atoms with Gasteiger partial charge < -0.3 is 4.90 Å². The first kappa shape index (κ1) is 17.9. The van der Waals surface area contributed by atoms with Gasteiger partial charge in [0.15, 0.2) is 0 Å². The minimum absolute atomic E-state index is 0.799. The van der Waals surface area contributed by atoms with Gasteiger partial charge in [-0.25, -0.2) is 9.97 Å². The van der Waals surface area contributed by atoms with E-state index in [1.807, 2.05) is 0 Å². The molecule has 0 N–H and O–H groups in total. The number of nitrogens with zero attached hydrogens (tertiary/aromatic N) is 3. The van der Waals surface area contributed by atoms with E-state index in [4.69, 9.17) is 9.97 Å². The summed E-state index contributed by atoms with van der Waals surface area (Å²) >= 11 is 3.73. The van der Waals surface area contributed by atoms with Crippen molar-refractivity contribution in [3.8, 4) is 0 Å². The van der Waals surface area contributed by atoms with Gasteiger partial charge in [-0.2, -0.15) is 0 Å². The maximum atomic E-state index is 4.74. The summed E-state index contributed by atoms with van der Waals surface area (Å²) in [6.45, 7) is 9.45. The van der Waals surface area contributed by atoms with E-state index >= 15 is 0 Å². The summed E-state index contributed by atoms with van der Waals surface area (Å²) < 4.78 is 1.11. The second-order valence-electron chi connectivity index (χ2n) is 5.64. The SMILES string of the molecule is CCCc1ccc(N(CC)c2nc(CC)cc(CC)n2)c(Br)c1. The minimum atomic E-state index is 0.799. The van der Waals surface area contributed by atoms with E-state index in [1.165, 1.54) is 5.56 Å². The van der Waals surface area contributed by atoms with Crippen LogP contribution in [-0.4, -0.2) is 16.5 Å². The van der Waals surface area contributed by atoms with Crippen LogP contribution >= 0.6 is 15.9 Å². The number of aromatic nitrogens is 2. The molecule has 1 aromatic carbocycles. The van der Waals surface area contributed by atoms with Gasteiger partial charge in [-0.3, -0.25) is 0 Å². The number of halogens is 1. The summed E-state index contributed by atoms with van der Waals surface area (Å²) in [6.07, 6.45) is 4.12. The highest BCUT2D eigenvalue weighted by molar-refractivity contribution is 9.10. The summed E-state index contributed by atoms with van der Waals surface area (Å²) in [4.78, 5) is 11.7. The van der Waals surface area contributed by atoms with Crippen molar-refractivity contribution < 1.29 is 0 Å². The maximum Gasteiger partial charge on any atom is 0.230 e. The molecule has 0 amide bonds. The van der Waals surface area contributed by atoms with E-state index in [0.29, 0.717) is 0 Å².